The lowest BCUT2D eigenvalue weighted by Gasteiger charge is -2.49. The van der Waals surface area contributed by atoms with Gasteiger partial charge < -0.3 is 20.8 Å². The number of amides is 1. The third-order valence-corrected chi connectivity index (χ3v) is 5.97. The molecule has 0 bridgehead atoms. The largest absolute Gasteiger partial charge is 0.505 e. The van der Waals surface area contributed by atoms with Crippen molar-refractivity contribution in [2.24, 2.45) is 0 Å². The maximum absolute atomic E-state index is 14.1. The van der Waals surface area contributed by atoms with Gasteiger partial charge >= 0.3 is 6.18 Å². The molecule has 160 valence electrons. The minimum Gasteiger partial charge on any atom is -0.505 e. The molecule has 5 nitrogen and oxygen atoms in total. The summed E-state index contributed by atoms with van der Waals surface area (Å²) in [6, 6.07) is 4.88. The van der Waals surface area contributed by atoms with Gasteiger partial charge in [0, 0.05) is 28.9 Å². The van der Waals surface area contributed by atoms with Crippen LogP contribution in [0.4, 0.5) is 23.2 Å². The van der Waals surface area contributed by atoms with E-state index in [1.54, 1.807) is 6.07 Å². The van der Waals surface area contributed by atoms with E-state index in [0.29, 0.717) is 11.1 Å². The Hall–Kier alpha value is -2.81. The number of hydrogen-bond acceptors (Lipinski definition) is 4. The van der Waals surface area contributed by atoms with Crippen LogP contribution in [-0.2, 0) is 12.0 Å². The molecule has 0 spiro atoms. The molecular weight excluding hydrogens is 404 g/mol. The van der Waals surface area contributed by atoms with E-state index in [9.17, 15) is 32.6 Å². The highest BCUT2D eigenvalue weighted by atomic mass is 19.4. The fraction of sp³-hybridized carbons (Fsp3) is 0.381. The Bertz CT molecular complexity index is 1050. The van der Waals surface area contributed by atoms with Crippen molar-refractivity contribution in [1.82, 2.24) is 5.32 Å². The number of nitrogens with one attached hydrogen (secondary N) is 2. The molecule has 4 N–H and O–H groups in total. The molecule has 1 heterocycles. The van der Waals surface area contributed by atoms with Crippen LogP contribution in [0.25, 0.3) is 0 Å². The predicted octanol–water partition coefficient (Wildman–Crippen LogP) is 3.90. The molecule has 1 amide bonds. The number of carbonyl (C=O) groups excluding carboxylic acids is 1. The highest BCUT2D eigenvalue weighted by Crippen LogP contribution is 2.56. The summed E-state index contributed by atoms with van der Waals surface area (Å²) in [5.74, 6) is -2.03. The molecule has 9 heteroatoms. The fourth-order valence-electron chi connectivity index (χ4n) is 4.66. The molecule has 4 rings (SSSR count). The van der Waals surface area contributed by atoms with Crippen molar-refractivity contribution in [3.8, 4) is 5.75 Å². The molecule has 30 heavy (non-hydrogen) atoms. The van der Waals surface area contributed by atoms with Crippen LogP contribution >= 0.6 is 0 Å². The topological polar surface area (TPSA) is 81.6 Å². The van der Waals surface area contributed by atoms with Gasteiger partial charge in [-0.1, -0.05) is 26.0 Å². The second-order valence-corrected chi connectivity index (χ2v) is 8.43. The molecule has 1 aliphatic carbocycles. The third kappa shape index (κ3) is 2.83. The number of aromatic hydroxyl groups is 1. The number of halogens is 4. The van der Waals surface area contributed by atoms with Crippen molar-refractivity contribution in [3.63, 3.8) is 0 Å². The summed E-state index contributed by atoms with van der Waals surface area (Å²) in [4.78, 5) is 11.9. The Morgan fingerprint density at radius 1 is 1.20 bits per heavy atom. The molecule has 2 aromatic carbocycles. The zero-order valence-electron chi connectivity index (χ0n) is 16.2. The van der Waals surface area contributed by atoms with Crippen LogP contribution < -0.4 is 10.6 Å². The lowest BCUT2D eigenvalue weighted by molar-refractivity contribution is -0.276. The smallest absolute Gasteiger partial charge is 0.419 e. The van der Waals surface area contributed by atoms with Crippen molar-refractivity contribution >= 4 is 11.6 Å². The van der Waals surface area contributed by atoms with Gasteiger partial charge in [-0.25, -0.2) is 4.39 Å². The van der Waals surface area contributed by atoms with E-state index < -0.39 is 41.2 Å². The lowest BCUT2D eigenvalue weighted by atomic mass is 9.63. The Balaban J connectivity index is 1.92. The number of hydrogen-bond donors (Lipinski definition) is 4. The first-order chi connectivity index (χ1) is 13.9. The second kappa shape index (κ2) is 6.34. The lowest BCUT2D eigenvalue weighted by Crippen LogP contribution is -2.58. The zero-order chi connectivity index (χ0) is 22.1. The van der Waals surface area contributed by atoms with Crippen LogP contribution in [0.5, 0.6) is 5.75 Å². The average Bonchev–Trinajstić information content (AvgIpc) is 3.01. The van der Waals surface area contributed by atoms with E-state index in [1.165, 1.54) is 26.0 Å². The van der Waals surface area contributed by atoms with E-state index in [1.807, 2.05) is 0 Å². The van der Waals surface area contributed by atoms with Gasteiger partial charge in [0.05, 0.1) is 6.04 Å². The van der Waals surface area contributed by atoms with Gasteiger partial charge in [0.2, 0.25) is 0 Å². The molecule has 2 aromatic rings. The normalized spacial score (nSPS) is 24.8. The number of phenolic OH excluding ortho intramolecular Hbond substituents is 1. The van der Waals surface area contributed by atoms with Gasteiger partial charge in [-0.05, 0) is 35.6 Å². The van der Waals surface area contributed by atoms with Gasteiger partial charge in [-0.15, -0.1) is 0 Å². The number of phenols is 1. The standard InChI is InChI=1S/C21H20F4N2O3/c1-19(2)9-20(30,21(23,24)25)17(11-6-7-13(22)16(28)15(11)19)27-14-5-3-4-10-12(14)8-26-18(10)29/h3-7,17,27-28,30H,8-9H2,1-2H3,(H,26,29). The molecule has 1 aliphatic heterocycles. The number of aliphatic hydroxyl groups is 1. The van der Waals surface area contributed by atoms with E-state index in [2.05, 4.69) is 10.6 Å². The molecule has 2 unspecified atom stereocenters. The van der Waals surface area contributed by atoms with Crippen LogP contribution in [0.2, 0.25) is 0 Å². The quantitative estimate of drug-likeness (QED) is 0.552. The number of benzene rings is 2. The summed E-state index contributed by atoms with van der Waals surface area (Å²) >= 11 is 0. The van der Waals surface area contributed by atoms with Crippen LogP contribution in [0.3, 0.4) is 0 Å². The summed E-state index contributed by atoms with van der Waals surface area (Å²) in [5, 5.41) is 26.6. The first-order valence-corrected chi connectivity index (χ1v) is 9.34. The number of alkyl halides is 3. The van der Waals surface area contributed by atoms with Gasteiger partial charge in [0.15, 0.2) is 17.2 Å². The Morgan fingerprint density at radius 3 is 2.57 bits per heavy atom. The molecule has 2 aliphatic rings. The predicted molar refractivity (Wildman–Crippen MR) is 101 cm³/mol. The highest BCUT2D eigenvalue weighted by Gasteiger charge is 2.64. The van der Waals surface area contributed by atoms with Gasteiger partial charge in [-0.3, -0.25) is 4.79 Å². The van der Waals surface area contributed by atoms with Crippen LogP contribution in [0.15, 0.2) is 30.3 Å². The minimum atomic E-state index is -5.02. The molecule has 0 saturated heterocycles. The van der Waals surface area contributed by atoms with Crippen LogP contribution in [0.1, 0.15) is 53.4 Å². The number of carbonyl (C=O) groups is 1. The second-order valence-electron chi connectivity index (χ2n) is 8.43. The van der Waals surface area contributed by atoms with Crippen molar-refractivity contribution in [2.45, 2.75) is 50.0 Å². The summed E-state index contributed by atoms with van der Waals surface area (Å²) < 4.78 is 56.5. The maximum Gasteiger partial charge on any atom is 0.419 e. The van der Waals surface area contributed by atoms with Crippen molar-refractivity contribution in [3.05, 3.63) is 58.4 Å². The molecule has 2 atom stereocenters. The molecule has 0 saturated carbocycles. The number of anilines is 1. The van der Waals surface area contributed by atoms with Crippen molar-refractivity contribution in [2.75, 3.05) is 5.32 Å². The molecule has 0 aromatic heterocycles. The Morgan fingerprint density at radius 2 is 1.90 bits per heavy atom. The third-order valence-electron chi connectivity index (χ3n) is 5.97. The van der Waals surface area contributed by atoms with Crippen LogP contribution in [0, 0.1) is 5.82 Å². The fourth-order valence-corrected chi connectivity index (χ4v) is 4.66. The SMILES string of the molecule is CC1(C)CC(O)(C(F)(F)F)C(Nc2cccc3c2CNC3=O)c2ccc(F)c(O)c21. The van der Waals surface area contributed by atoms with Gasteiger partial charge in [0.25, 0.3) is 5.91 Å². The summed E-state index contributed by atoms with van der Waals surface area (Å²) in [6.07, 6.45) is -5.81. The first-order valence-electron chi connectivity index (χ1n) is 9.34. The highest BCUT2D eigenvalue weighted by molar-refractivity contribution is 6.00. The average molecular weight is 424 g/mol. The van der Waals surface area contributed by atoms with Gasteiger partial charge in [0.1, 0.15) is 0 Å². The Labute approximate surface area is 169 Å². The van der Waals surface area contributed by atoms with Crippen molar-refractivity contribution in [1.29, 1.82) is 0 Å². The first kappa shape index (κ1) is 20.5. The van der Waals surface area contributed by atoms with E-state index >= 15 is 0 Å². The summed E-state index contributed by atoms with van der Waals surface area (Å²) in [6.45, 7) is 2.96. The number of rotatable bonds is 2. The minimum absolute atomic E-state index is 0.00991. The zero-order valence-corrected chi connectivity index (χ0v) is 16.2. The van der Waals surface area contributed by atoms with Crippen LogP contribution in [-0.4, -0.2) is 27.9 Å². The van der Waals surface area contributed by atoms with Gasteiger partial charge in [-0.2, -0.15) is 13.2 Å². The molecule has 0 fully saturated rings. The maximum atomic E-state index is 14.1. The van der Waals surface area contributed by atoms with E-state index in [-0.39, 0.29) is 29.3 Å². The van der Waals surface area contributed by atoms with E-state index in [0.717, 1.165) is 12.1 Å². The monoisotopic (exact) mass is 424 g/mol. The van der Waals surface area contributed by atoms with Crippen molar-refractivity contribution < 1.29 is 32.6 Å². The molecule has 0 radical (unpaired) electrons. The van der Waals surface area contributed by atoms with E-state index in [4.69, 9.17) is 0 Å². The summed E-state index contributed by atoms with van der Waals surface area (Å²) in [5.41, 5.74) is -3.56. The molecular formula is C21H20F4N2O3. The Kier molecular flexibility index (Phi) is 4.33. The number of fused-ring (bicyclic) bond motifs is 2. The summed E-state index contributed by atoms with van der Waals surface area (Å²) in [7, 11) is 0.